The van der Waals surface area contributed by atoms with Crippen molar-refractivity contribution in [1.82, 2.24) is 5.32 Å². The Balaban J connectivity index is 1.94. The molecule has 18 heavy (non-hydrogen) atoms. The Labute approximate surface area is 109 Å². The second-order valence-electron chi connectivity index (χ2n) is 4.83. The second kappa shape index (κ2) is 6.88. The second-order valence-corrected chi connectivity index (χ2v) is 4.83. The molecule has 3 heteroatoms. The molecule has 0 radical (unpaired) electrons. The fourth-order valence-electron chi connectivity index (χ4n) is 2.63. The summed E-state index contributed by atoms with van der Waals surface area (Å²) in [7, 11) is 1.65. The predicted molar refractivity (Wildman–Crippen MR) is 72.7 cm³/mol. The van der Waals surface area contributed by atoms with Crippen LogP contribution >= 0.6 is 0 Å². The van der Waals surface area contributed by atoms with Crippen LogP contribution in [0.25, 0.3) is 0 Å². The molecule has 1 N–H and O–H groups in total. The number of nitrogens with one attached hydrogen (secondary N) is 1. The van der Waals surface area contributed by atoms with E-state index in [0.717, 1.165) is 32.4 Å². The Bertz CT molecular complexity index is 379. The van der Waals surface area contributed by atoms with Crippen LogP contribution in [0.4, 0.5) is 0 Å². The maximum absolute atomic E-state index is 5.34. The van der Waals surface area contributed by atoms with Gasteiger partial charge < -0.3 is 14.8 Å². The van der Waals surface area contributed by atoms with Gasteiger partial charge in [-0.15, -0.1) is 0 Å². The van der Waals surface area contributed by atoms with Crippen molar-refractivity contribution in [2.45, 2.75) is 32.2 Å². The SMILES string of the molecule is COCOCCCc1cccc2c1CCN[C@H]2C. The van der Waals surface area contributed by atoms with Gasteiger partial charge in [-0.2, -0.15) is 0 Å². The molecule has 100 valence electrons. The first-order valence-electron chi connectivity index (χ1n) is 6.73. The predicted octanol–water partition coefficient (Wildman–Crippen LogP) is 2.45. The van der Waals surface area contributed by atoms with Crippen LogP contribution in [0.1, 0.15) is 36.1 Å². The van der Waals surface area contributed by atoms with Gasteiger partial charge in [0.1, 0.15) is 6.79 Å². The highest BCUT2D eigenvalue weighted by Gasteiger charge is 2.17. The first kappa shape index (κ1) is 13.5. The molecule has 1 atom stereocenters. The smallest absolute Gasteiger partial charge is 0.146 e. The molecular formula is C15H23NO2. The van der Waals surface area contributed by atoms with Gasteiger partial charge in [-0.05, 0) is 49.4 Å². The molecule has 0 saturated carbocycles. The minimum atomic E-state index is 0.397. The van der Waals surface area contributed by atoms with Crippen molar-refractivity contribution in [2.24, 2.45) is 0 Å². The van der Waals surface area contributed by atoms with Crippen molar-refractivity contribution in [1.29, 1.82) is 0 Å². The molecule has 1 aliphatic rings. The van der Waals surface area contributed by atoms with E-state index in [1.54, 1.807) is 12.7 Å². The molecule has 0 bridgehead atoms. The van der Waals surface area contributed by atoms with Gasteiger partial charge in [0.25, 0.3) is 0 Å². The highest BCUT2D eigenvalue weighted by atomic mass is 16.7. The van der Waals surface area contributed by atoms with E-state index in [1.807, 2.05) is 0 Å². The molecular weight excluding hydrogens is 226 g/mol. The van der Waals surface area contributed by atoms with Gasteiger partial charge in [0.15, 0.2) is 0 Å². The summed E-state index contributed by atoms with van der Waals surface area (Å²) in [6.45, 7) is 4.49. The van der Waals surface area contributed by atoms with E-state index in [4.69, 9.17) is 9.47 Å². The largest absolute Gasteiger partial charge is 0.359 e. The van der Waals surface area contributed by atoms with Gasteiger partial charge in [0.05, 0.1) is 0 Å². The molecule has 1 aliphatic heterocycles. The quantitative estimate of drug-likeness (QED) is 0.620. The van der Waals surface area contributed by atoms with Gasteiger partial charge in [0.2, 0.25) is 0 Å². The Hall–Kier alpha value is -0.900. The van der Waals surface area contributed by atoms with Gasteiger partial charge >= 0.3 is 0 Å². The normalized spacial score (nSPS) is 18.7. The molecule has 0 amide bonds. The lowest BCUT2D eigenvalue weighted by Crippen LogP contribution is -2.28. The molecule has 3 nitrogen and oxygen atoms in total. The van der Waals surface area contributed by atoms with E-state index in [9.17, 15) is 0 Å². The summed E-state index contributed by atoms with van der Waals surface area (Å²) in [6, 6.07) is 7.16. The van der Waals surface area contributed by atoms with Crippen LogP contribution in [-0.2, 0) is 22.3 Å². The molecule has 0 aromatic heterocycles. The molecule has 0 saturated heterocycles. The number of hydrogen-bond donors (Lipinski definition) is 1. The first-order chi connectivity index (χ1) is 8.83. The fourth-order valence-corrected chi connectivity index (χ4v) is 2.63. The van der Waals surface area contributed by atoms with E-state index in [0.29, 0.717) is 12.8 Å². The Morgan fingerprint density at radius 3 is 3.11 bits per heavy atom. The van der Waals surface area contributed by atoms with Crippen molar-refractivity contribution in [3.8, 4) is 0 Å². The van der Waals surface area contributed by atoms with Crippen LogP contribution < -0.4 is 5.32 Å². The highest BCUT2D eigenvalue weighted by molar-refractivity contribution is 5.39. The average Bonchev–Trinajstić information content (AvgIpc) is 2.39. The van der Waals surface area contributed by atoms with E-state index in [2.05, 4.69) is 30.4 Å². The summed E-state index contributed by atoms with van der Waals surface area (Å²) in [5.41, 5.74) is 4.51. The van der Waals surface area contributed by atoms with Crippen LogP contribution in [0.3, 0.4) is 0 Å². The van der Waals surface area contributed by atoms with Crippen molar-refractivity contribution in [3.63, 3.8) is 0 Å². The molecule has 0 unspecified atom stereocenters. The maximum Gasteiger partial charge on any atom is 0.146 e. The molecule has 0 spiro atoms. The summed E-state index contributed by atoms with van der Waals surface area (Å²) >= 11 is 0. The Kier molecular flexibility index (Phi) is 5.17. The monoisotopic (exact) mass is 249 g/mol. The molecule has 1 heterocycles. The summed E-state index contributed by atoms with van der Waals surface area (Å²) in [5, 5.41) is 3.51. The fraction of sp³-hybridized carbons (Fsp3) is 0.600. The lowest BCUT2D eigenvalue weighted by molar-refractivity contribution is -0.0310. The van der Waals surface area contributed by atoms with E-state index in [-0.39, 0.29) is 0 Å². The lowest BCUT2D eigenvalue weighted by atomic mass is 9.89. The van der Waals surface area contributed by atoms with Crippen molar-refractivity contribution >= 4 is 0 Å². The molecule has 1 aromatic carbocycles. The number of ether oxygens (including phenoxy) is 2. The minimum absolute atomic E-state index is 0.397. The van der Waals surface area contributed by atoms with Gasteiger partial charge in [-0.1, -0.05) is 18.2 Å². The van der Waals surface area contributed by atoms with Crippen LogP contribution in [0.15, 0.2) is 18.2 Å². The number of benzene rings is 1. The summed E-state index contributed by atoms with van der Waals surface area (Å²) in [5.74, 6) is 0. The summed E-state index contributed by atoms with van der Waals surface area (Å²) < 4.78 is 10.2. The van der Waals surface area contributed by atoms with Crippen LogP contribution in [0.2, 0.25) is 0 Å². The summed E-state index contributed by atoms with van der Waals surface area (Å²) in [4.78, 5) is 0. The van der Waals surface area contributed by atoms with Gasteiger partial charge in [0, 0.05) is 19.8 Å². The number of rotatable bonds is 6. The third-order valence-electron chi connectivity index (χ3n) is 3.54. The van der Waals surface area contributed by atoms with E-state index in [1.165, 1.54) is 11.1 Å². The minimum Gasteiger partial charge on any atom is -0.359 e. The zero-order chi connectivity index (χ0) is 12.8. The molecule has 2 rings (SSSR count). The van der Waals surface area contributed by atoms with Crippen molar-refractivity contribution in [3.05, 3.63) is 34.9 Å². The highest BCUT2D eigenvalue weighted by Crippen LogP contribution is 2.26. The number of hydrogen-bond acceptors (Lipinski definition) is 3. The molecule has 0 fully saturated rings. The van der Waals surface area contributed by atoms with Gasteiger partial charge in [-0.25, -0.2) is 0 Å². The van der Waals surface area contributed by atoms with Crippen molar-refractivity contribution < 1.29 is 9.47 Å². The van der Waals surface area contributed by atoms with E-state index >= 15 is 0 Å². The Morgan fingerprint density at radius 2 is 2.28 bits per heavy atom. The van der Waals surface area contributed by atoms with Crippen LogP contribution in [-0.4, -0.2) is 27.1 Å². The zero-order valence-corrected chi connectivity index (χ0v) is 11.4. The number of aryl methyl sites for hydroxylation is 1. The molecule has 1 aromatic rings. The topological polar surface area (TPSA) is 30.5 Å². The van der Waals surface area contributed by atoms with Crippen LogP contribution in [0.5, 0.6) is 0 Å². The van der Waals surface area contributed by atoms with Crippen molar-refractivity contribution in [2.75, 3.05) is 27.1 Å². The van der Waals surface area contributed by atoms with Gasteiger partial charge in [-0.3, -0.25) is 0 Å². The third kappa shape index (κ3) is 3.31. The molecule has 0 aliphatic carbocycles. The van der Waals surface area contributed by atoms with Crippen LogP contribution in [0, 0.1) is 0 Å². The van der Waals surface area contributed by atoms with E-state index < -0.39 is 0 Å². The third-order valence-corrected chi connectivity index (χ3v) is 3.54. The lowest BCUT2D eigenvalue weighted by Gasteiger charge is -2.26. The summed E-state index contributed by atoms with van der Waals surface area (Å²) in [6.07, 6.45) is 3.30. The number of fused-ring (bicyclic) bond motifs is 1. The Morgan fingerprint density at radius 1 is 1.39 bits per heavy atom. The first-order valence-corrected chi connectivity index (χ1v) is 6.73. The maximum atomic E-state index is 5.34. The standard InChI is InChI=1S/C15H23NO2/c1-12-14-7-3-5-13(15(14)8-9-16-12)6-4-10-18-11-17-2/h3,5,7,12,16H,4,6,8-11H2,1-2H3/t12-/m0/s1. The zero-order valence-electron chi connectivity index (χ0n) is 11.4. The number of methoxy groups -OCH3 is 1. The average molecular weight is 249 g/mol.